The van der Waals surface area contributed by atoms with Gasteiger partial charge in [0.2, 0.25) is 0 Å². The van der Waals surface area contributed by atoms with Crippen molar-refractivity contribution in [3.8, 4) is 0 Å². The number of hydrogen-bond acceptors (Lipinski definition) is 4. The largest absolute Gasteiger partial charge is 0.478 e. The van der Waals surface area contributed by atoms with Crippen LogP contribution in [0.25, 0.3) is 0 Å². The molecule has 1 aliphatic rings. The van der Waals surface area contributed by atoms with Crippen LogP contribution in [0.5, 0.6) is 0 Å². The first-order chi connectivity index (χ1) is 12.1. The number of hydrogen-bond donors (Lipinski definition) is 2. The monoisotopic (exact) mass is 359 g/mol. The van der Waals surface area contributed by atoms with E-state index in [4.69, 9.17) is 4.42 Å². The molecule has 25 heavy (non-hydrogen) atoms. The number of anilines is 1. The van der Waals surface area contributed by atoms with Gasteiger partial charge in [0.25, 0.3) is 5.91 Å². The highest BCUT2D eigenvalue weighted by Crippen LogP contribution is 2.38. The van der Waals surface area contributed by atoms with Crippen molar-refractivity contribution in [3.63, 3.8) is 0 Å². The lowest BCUT2D eigenvalue weighted by molar-refractivity contribution is 0.0694. The Bertz CT molecular complexity index is 777. The summed E-state index contributed by atoms with van der Waals surface area (Å²) in [4.78, 5) is 24.8. The number of nitrogens with one attached hydrogen (secondary N) is 1. The van der Waals surface area contributed by atoms with Crippen molar-refractivity contribution in [3.05, 3.63) is 47.4 Å². The number of carboxylic acids is 1. The van der Waals surface area contributed by atoms with Gasteiger partial charge in [-0.1, -0.05) is 31.9 Å². The summed E-state index contributed by atoms with van der Waals surface area (Å²) in [7, 11) is 0. The van der Waals surface area contributed by atoms with E-state index in [9.17, 15) is 14.7 Å². The van der Waals surface area contributed by atoms with Crippen LogP contribution in [-0.2, 0) is 6.42 Å². The van der Waals surface area contributed by atoms with Gasteiger partial charge in [-0.3, -0.25) is 4.79 Å². The molecule has 1 fully saturated rings. The van der Waals surface area contributed by atoms with Crippen LogP contribution in [-0.4, -0.2) is 22.2 Å². The molecule has 0 bridgehead atoms. The van der Waals surface area contributed by atoms with E-state index in [-0.39, 0.29) is 11.3 Å². The van der Waals surface area contributed by atoms with Crippen molar-refractivity contribution in [2.45, 2.75) is 49.2 Å². The molecule has 0 unspecified atom stereocenters. The maximum Gasteiger partial charge on any atom is 0.339 e. The Morgan fingerprint density at radius 1 is 1.28 bits per heavy atom. The molecule has 0 saturated heterocycles. The van der Waals surface area contributed by atoms with E-state index in [0.717, 1.165) is 10.6 Å². The summed E-state index contributed by atoms with van der Waals surface area (Å²) in [6, 6.07) is 8.98. The van der Waals surface area contributed by atoms with Gasteiger partial charge in [0.05, 0.1) is 5.69 Å². The van der Waals surface area contributed by atoms with Crippen molar-refractivity contribution in [1.82, 2.24) is 0 Å². The second-order valence-corrected chi connectivity index (χ2v) is 7.42. The molecule has 0 radical (unpaired) electrons. The fourth-order valence-corrected chi connectivity index (χ4v) is 4.36. The number of aromatic carboxylic acids is 1. The lowest BCUT2D eigenvalue weighted by atomic mass is 10.2. The molecule has 2 N–H and O–H groups in total. The lowest BCUT2D eigenvalue weighted by Gasteiger charge is -2.13. The van der Waals surface area contributed by atoms with Crippen molar-refractivity contribution in [2.75, 3.05) is 5.32 Å². The third kappa shape index (κ3) is 4.07. The minimum absolute atomic E-state index is 0.0231. The number of rotatable bonds is 6. The average molecular weight is 359 g/mol. The summed E-state index contributed by atoms with van der Waals surface area (Å²) in [6.45, 7) is 1.79. The number of benzene rings is 1. The zero-order valence-corrected chi connectivity index (χ0v) is 14.9. The van der Waals surface area contributed by atoms with Crippen molar-refractivity contribution < 1.29 is 19.1 Å². The van der Waals surface area contributed by atoms with E-state index in [1.165, 1.54) is 31.7 Å². The third-order valence-corrected chi connectivity index (χ3v) is 5.73. The zero-order valence-electron chi connectivity index (χ0n) is 14.1. The van der Waals surface area contributed by atoms with Crippen LogP contribution in [0.3, 0.4) is 0 Å². The van der Waals surface area contributed by atoms with E-state index in [2.05, 4.69) is 5.32 Å². The van der Waals surface area contributed by atoms with Crippen LogP contribution in [0.1, 0.15) is 59.3 Å². The number of carbonyl (C=O) groups is 2. The van der Waals surface area contributed by atoms with Crippen LogP contribution < -0.4 is 5.32 Å². The Balaban J connectivity index is 1.78. The third-order valence-electron chi connectivity index (χ3n) is 4.32. The van der Waals surface area contributed by atoms with Crippen LogP contribution >= 0.6 is 11.8 Å². The molecule has 2 aromatic rings. The van der Waals surface area contributed by atoms with Gasteiger partial charge in [-0.15, -0.1) is 11.8 Å². The molecular weight excluding hydrogens is 338 g/mol. The van der Waals surface area contributed by atoms with Crippen LogP contribution in [0.15, 0.2) is 39.6 Å². The van der Waals surface area contributed by atoms with Crippen molar-refractivity contribution >= 4 is 29.3 Å². The Kier molecular flexibility index (Phi) is 5.48. The van der Waals surface area contributed by atoms with E-state index in [1.807, 2.05) is 24.3 Å². The Labute approximate surface area is 150 Å². The van der Waals surface area contributed by atoms with Crippen LogP contribution in [0.4, 0.5) is 5.69 Å². The molecule has 132 valence electrons. The van der Waals surface area contributed by atoms with E-state index >= 15 is 0 Å². The lowest BCUT2D eigenvalue weighted by Crippen LogP contribution is -2.12. The molecule has 0 spiro atoms. The van der Waals surface area contributed by atoms with E-state index < -0.39 is 11.9 Å². The van der Waals surface area contributed by atoms with Gasteiger partial charge in [-0.2, -0.15) is 0 Å². The molecule has 1 aromatic heterocycles. The highest BCUT2D eigenvalue weighted by Gasteiger charge is 2.22. The molecule has 1 amide bonds. The fraction of sp³-hybridized carbons (Fsp3) is 0.368. The number of carboxylic acid groups (broad SMARTS) is 1. The van der Waals surface area contributed by atoms with Gasteiger partial charge in [-0.05, 0) is 25.0 Å². The second kappa shape index (κ2) is 7.78. The number of furan rings is 1. The number of carbonyl (C=O) groups excluding carboxylic acids is 1. The van der Waals surface area contributed by atoms with Gasteiger partial charge < -0.3 is 14.8 Å². The summed E-state index contributed by atoms with van der Waals surface area (Å²) in [6.07, 6.45) is 5.34. The van der Waals surface area contributed by atoms with Crippen LogP contribution in [0, 0.1) is 0 Å². The number of thioether (sulfide) groups is 1. The molecule has 1 aliphatic carbocycles. The maximum absolute atomic E-state index is 12.5. The quantitative estimate of drug-likeness (QED) is 0.772. The van der Waals surface area contributed by atoms with Crippen molar-refractivity contribution in [1.29, 1.82) is 0 Å². The average Bonchev–Trinajstić information content (AvgIpc) is 3.25. The normalized spacial score (nSPS) is 14.6. The van der Waals surface area contributed by atoms with Gasteiger partial charge in [-0.25, -0.2) is 4.79 Å². The van der Waals surface area contributed by atoms with Gasteiger partial charge in [0.1, 0.15) is 11.3 Å². The molecule has 0 aliphatic heterocycles. The summed E-state index contributed by atoms with van der Waals surface area (Å²) < 4.78 is 5.43. The maximum atomic E-state index is 12.5. The predicted octanol–water partition coefficient (Wildman–Crippen LogP) is 4.83. The molecule has 6 heteroatoms. The molecule has 3 rings (SSSR count). The van der Waals surface area contributed by atoms with Gasteiger partial charge >= 0.3 is 5.97 Å². The first-order valence-electron chi connectivity index (χ1n) is 8.51. The van der Waals surface area contributed by atoms with E-state index in [0.29, 0.717) is 17.4 Å². The summed E-state index contributed by atoms with van der Waals surface area (Å²) >= 11 is 1.79. The summed E-state index contributed by atoms with van der Waals surface area (Å²) in [5.74, 6) is -1.18. The van der Waals surface area contributed by atoms with Gasteiger partial charge in [0, 0.05) is 22.6 Å². The zero-order chi connectivity index (χ0) is 17.8. The van der Waals surface area contributed by atoms with E-state index in [1.54, 1.807) is 18.7 Å². The van der Waals surface area contributed by atoms with Crippen molar-refractivity contribution in [2.24, 2.45) is 0 Å². The number of aryl methyl sites for hydroxylation is 1. The molecule has 1 heterocycles. The number of amides is 1. The standard InChI is InChI=1S/C19H21NO4S/c1-2-15-13(19(22)23)11-16(24-15)18(21)20-14-9-5-6-10-17(14)25-12-7-3-4-8-12/h5-6,9-12H,2-4,7-8H2,1H3,(H,20,21)(H,22,23). The first kappa shape index (κ1) is 17.6. The highest BCUT2D eigenvalue weighted by atomic mass is 32.2. The summed E-state index contributed by atoms with van der Waals surface area (Å²) in [5, 5.41) is 12.6. The minimum atomic E-state index is -1.09. The molecular formula is C19H21NO4S. The Morgan fingerprint density at radius 3 is 2.64 bits per heavy atom. The SMILES string of the molecule is CCc1oc(C(=O)Nc2ccccc2SC2CCCC2)cc1C(=O)O. The Hall–Kier alpha value is -2.21. The topological polar surface area (TPSA) is 79.5 Å². The molecule has 1 aromatic carbocycles. The number of para-hydroxylation sites is 1. The van der Waals surface area contributed by atoms with Gasteiger partial charge in [0.15, 0.2) is 5.76 Å². The first-order valence-corrected chi connectivity index (χ1v) is 9.39. The predicted molar refractivity (Wildman–Crippen MR) is 97.6 cm³/mol. The minimum Gasteiger partial charge on any atom is -0.478 e. The fourth-order valence-electron chi connectivity index (χ4n) is 3.03. The smallest absolute Gasteiger partial charge is 0.339 e. The second-order valence-electron chi connectivity index (χ2n) is 6.08. The highest BCUT2D eigenvalue weighted by molar-refractivity contribution is 8.00. The Morgan fingerprint density at radius 2 is 2.00 bits per heavy atom. The summed E-state index contributed by atoms with van der Waals surface area (Å²) in [5.41, 5.74) is 0.775. The molecule has 0 atom stereocenters. The van der Waals surface area contributed by atoms with Crippen LogP contribution in [0.2, 0.25) is 0 Å². The molecule has 1 saturated carbocycles. The molecule has 5 nitrogen and oxygen atoms in total.